The summed E-state index contributed by atoms with van der Waals surface area (Å²) in [5.74, 6) is -0.318. The van der Waals surface area contributed by atoms with Crippen LogP contribution in [0.5, 0.6) is 0 Å². The monoisotopic (exact) mass is 485 g/mol. The second kappa shape index (κ2) is 9.64. The van der Waals surface area contributed by atoms with Crippen molar-refractivity contribution >= 4 is 39.3 Å². The summed E-state index contributed by atoms with van der Waals surface area (Å²) in [5.41, 5.74) is 1.85. The molecule has 2 aromatic carbocycles. The van der Waals surface area contributed by atoms with Gasteiger partial charge in [0, 0.05) is 37.2 Å². The molecule has 0 atom stereocenters. The molecule has 0 spiro atoms. The Bertz CT molecular complexity index is 969. The number of nitrogens with one attached hydrogen (secondary N) is 1. The fourth-order valence-electron chi connectivity index (χ4n) is 4.20. The average molecular weight is 486 g/mol. The van der Waals surface area contributed by atoms with E-state index >= 15 is 0 Å². The van der Waals surface area contributed by atoms with Gasteiger partial charge in [0.1, 0.15) is 0 Å². The predicted molar refractivity (Wildman–Crippen MR) is 125 cm³/mol. The Labute approximate surface area is 191 Å². The van der Waals surface area contributed by atoms with Gasteiger partial charge in [-0.3, -0.25) is 14.4 Å². The quantitative estimate of drug-likeness (QED) is 0.701. The second-order valence-corrected chi connectivity index (χ2v) is 9.04. The normalized spacial score (nSPS) is 15.3. The van der Waals surface area contributed by atoms with Crippen molar-refractivity contribution in [3.8, 4) is 0 Å². The Kier molecular flexibility index (Phi) is 7.15. The van der Waals surface area contributed by atoms with Crippen LogP contribution in [0.1, 0.15) is 30.9 Å². The van der Waals surface area contributed by atoms with Gasteiger partial charge >= 0.3 is 0 Å². The number of benzene rings is 2. The molecule has 3 rings (SSSR count). The molecule has 2 aromatic rings. The summed E-state index contributed by atoms with van der Waals surface area (Å²) in [7, 11) is 1.67. The maximum atomic E-state index is 13.6. The molecule has 1 N–H and O–H groups in total. The van der Waals surface area contributed by atoms with E-state index in [-0.39, 0.29) is 24.3 Å². The van der Waals surface area contributed by atoms with E-state index < -0.39 is 5.41 Å². The number of hydrogen-bond donors (Lipinski definition) is 1. The minimum Gasteiger partial charge on any atom is -0.343 e. The highest BCUT2D eigenvalue weighted by Gasteiger charge is 2.45. The highest BCUT2D eigenvalue weighted by Crippen LogP contribution is 2.37. The molecule has 0 bridgehead atoms. The first-order chi connectivity index (χ1) is 14.7. The van der Waals surface area contributed by atoms with Crippen LogP contribution in [0.3, 0.4) is 0 Å². The molecule has 1 aliphatic rings. The van der Waals surface area contributed by atoms with Crippen LogP contribution in [0, 0.1) is 6.92 Å². The van der Waals surface area contributed by atoms with Gasteiger partial charge in [-0.05, 0) is 49.1 Å². The van der Waals surface area contributed by atoms with Crippen LogP contribution >= 0.6 is 15.9 Å². The fourth-order valence-corrected chi connectivity index (χ4v) is 4.67. The van der Waals surface area contributed by atoms with Crippen molar-refractivity contribution in [2.75, 3.05) is 32.0 Å². The van der Waals surface area contributed by atoms with Crippen LogP contribution in [0.25, 0.3) is 0 Å². The van der Waals surface area contributed by atoms with Gasteiger partial charge in [0.15, 0.2) is 0 Å². The van der Waals surface area contributed by atoms with Gasteiger partial charge in [-0.2, -0.15) is 0 Å². The molecule has 0 aliphatic carbocycles. The zero-order valence-corrected chi connectivity index (χ0v) is 19.7. The summed E-state index contributed by atoms with van der Waals surface area (Å²) >= 11 is 3.42. The number of amides is 3. The number of hydrogen-bond acceptors (Lipinski definition) is 3. The largest absolute Gasteiger partial charge is 0.343 e. The summed E-state index contributed by atoms with van der Waals surface area (Å²) in [6.07, 6.45) is 1.07. The van der Waals surface area contributed by atoms with E-state index in [1.54, 1.807) is 18.9 Å². The number of nitrogens with zero attached hydrogens (tertiary/aromatic N) is 2. The Balaban J connectivity index is 1.76. The number of piperidine rings is 1. The molecule has 1 aliphatic heterocycles. The van der Waals surface area contributed by atoms with E-state index in [4.69, 9.17) is 0 Å². The minimum absolute atomic E-state index is 0.0201. The van der Waals surface area contributed by atoms with Gasteiger partial charge in [-0.25, -0.2) is 0 Å². The van der Waals surface area contributed by atoms with Gasteiger partial charge in [-0.15, -0.1) is 0 Å². The lowest BCUT2D eigenvalue weighted by atomic mass is 9.71. The number of rotatable bonds is 5. The van der Waals surface area contributed by atoms with E-state index in [1.807, 2.05) is 55.5 Å². The lowest BCUT2D eigenvalue weighted by Gasteiger charge is -2.42. The van der Waals surface area contributed by atoms with E-state index in [1.165, 1.54) is 4.90 Å². The van der Waals surface area contributed by atoms with Gasteiger partial charge in [-0.1, -0.05) is 46.3 Å². The number of likely N-dealkylation sites (tertiary alicyclic amines) is 1. The SMILES string of the molecule is CC(=O)N1CCC(C(=O)N(C)CC(=O)Nc2ccc(Br)cc2C)(c2ccccc2)CC1. The third-order valence-electron chi connectivity index (χ3n) is 5.99. The van der Waals surface area contributed by atoms with Crippen molar-refractivity contribution in [3.63, 3.8) is 0 Å². The van der Waals surface area contributed by atoms with Crippen LogP contribution in [0.15, 0.2) is 53.0 Å². The van der Waals surface area contributed by atoms with Crippen molar-refractivity contribution in [1.29, 1.82) is 0 Å². The summed E-state index contributed by atoms with van der Waals surface area (Å²) < 4.78 is 0.942. The summed E-state index contributed by atoms with van der Waals surface area (Å²) in [4.78, 5) is 41.4. The number of halogens is 1. The lowest BCUT2D eigenvalue weighted by molar-refractivity contribution is -0.142. The van der Waals surface area contributed by atoms with Gasteiger partial charge in [0.05, 0.1) is 12.0 Å². The third kappa shape index (κ3) is 5.15. The first-order valence-electron chi connectivity index (χ1n) is 10.4. The third-order valence-corrected chi connectivity index (χ3v) is 6.48. The molecular weight excluding hydrogens is 458 g/mol. The summed E-state index contributed by atoms with van der Waals surface area (Å²) in [6.45, 7) is 4.47. The van der Waals surface area contributed by atoms with Crippen molar-refractivity contribution in [2.24, 2.45) is 0 Å². The van der Waals surface area contributed by atoms with E-state index in [2.05, 4.69) is 21.2 Å². The molecule has 1 heterocycles. The maximum absolute atomic E-state index is 13.6. The zero-order valence-electron chi connectivity index (χ0n) is 18.2. The predicted octanol–water partition coefficient (Wildman–Crippen LogP) is 3.73. The second-order valence-electron chi connectivity index (χ2n) is 8.12. The van der Waals surface area contributed by atoms with Crippen LogP contribution in [0.2, 0.25) is 0 Å². The standard InChI is InChI=1S/C24H28BrN3O3/c1-17-15-20(25)9-10-21(17)26-22(30)16-27(3)23(31)24(19-7-5-4-6-8-19)11-13-28(14-12-24)18(2)29/h4-10,15H,11-14,16H2,1-3H3,(H,26,30). The van der Waals surface area contributed by atoms with Crippen LogP contribution in [-0.2, 0) is 19.8 Å². The molecule has 1 saturated heterocycles. The molecule has 6 nitrogen and oxygen atoms in total. The average Bonchev–Trinajstić information content (AvgIpc) is 2.75. The molecule has 1 fully saturated rings. The Hall–Kier alpha value is -2.67. The maximum Gasteiger partial charge on any atom is 0.243 e. The Morgan fingerprint density at radius 3 is 2.32 bits per heavy atom. The first kappa shape index (κ1) is 23.0. The zero-order chi connectivity index (χ0) is 22.6. The van der Waals surface area contributed by atoms with Crippen molar-refractivity contribution < 1.29 is 14.4 Å². The van der Waals surface area contributed by atoms with Crippen LogP contribution in [-0.4, -0.2) is 54.2 Å². The van der Waals surface area contributed by atoms with Crippen molar-refractivity contribution in [1.82, 2.24) is 9.80 Å². The van der Waals surface area contributed by atoms with Crippen LogP contribution in [0.4, 0.5) is 5.69 Å². The molecule has 0 aromatic heterocycles. The molecule has 31 heavy (non-hydrogen) atoms. The van der Waals surface area contributed by atoms with E-state index in [9.17, 15) is 14.4 Å². The van der Waals surface area contributed by atoms with Gasteiger partial charge in [0.25, 0.3) is 0 Å². The smallest absolute Gasteiger partial charge is 0.243 e. The molecule has 0 saturated carbocycles. The highest BCUT2D eigenvalue weighted by atomic mass is 79.9. The number of carbonyl (C=O) groups excluding carboxylic acids is 3. The Morgan fingerprint density at radius 2 is 1.74 bits per heavy atom. The highest BCUT2D eigenvalue weighted by molar-refractivity contribution is 9.10. The summed E-state index contributed by atoms with van der Waals surface area (Å²) in [6, 6.07) is 15.3. The molecule has 164 valence electrons. The molecule has 0 unspecified atom stereocenters. The molecular formula is C24H28BrN3O3. The van der Waals surface area contributed by atoms with E-state index in [0.29, 0.717) is 25.9 Å². The number of likely N-dealkylation sites (N-methyl/N-ethyl adjacent to an activating group) is 1. The Morgan fingerprint density at radius 1 is 1.10 bits per heavy atom. The lowest BCUT2D eigenvalue weighted by Crippen LogP contribution is -2.53. The number of carbonyl (C=O) groups is 3. The topological polar surface area (TPSA) is 69.7 Å². The number of anilines is 1. The van der Waals surface area contributed by atoms with Crippen molar-refractivity contribution in [3.05, 3.63) is 64.1 Å². The van der Waals surface area contributed by atoms with Crippen LogP contribution < -0.4 is 5.32 Å². The fraction of sp³-hybridized carbons (Fsp3) is 0.375. The van der Waals surface area contributed by atoms with Gasteiger partial charge in [0.2, 0.25) is 17.7 Å². The van der Waals surface area contributed by atoms with Gasteiger partial charge < -0.3 is 15.1 Å². The molecule has 0 radical (unpaired) electrons. The molecule has 7 heteroatoms. The van der Waals surface area contributed by atoms with E-state index in [0.717, 1.165) is 21.3 Å². The number of aryl methyl sites for hydroxylation is 1. The first-order valence-corrected chi connectivity index (χ1v) is 11.1. The molecule has 3 amide bonds. The van der Waals surface area contributed by atoms with Crippen molar-refractivity contribution in [2.45, 2.75) is 32.1 Å². The summed E-state index contributed by atoms with van der Waals surface area (Å²) in [5, 5.41) is 2.89. The minimum atomic E-state index is -0.740.